The fraction of sp³-hybridized carbons (Fsp3) is 0.556. The lowest BCUT2D eigenvalue weighted by Gasteiger charge is -2.04. The van der Waals surface area contributed by atoms with Crippen LogP contribution in [0.1, 0.15) is 12.8 Å². The van der Waals surface area contributed by atoms with Crippen LogP contribution in [0.15, 0.2) is 17.2 Å². The van der Waals surface area contributed by atoms with E-state index in [-0.39, 0.29) is 5.56 Å². The normalized spacial score (nSPS) is 15.4. The highest BCUT2D eigenvalue weighted by atomic mass is 16.1. The van der Waals surface area contributed by atoms with Gasteiger partial charge in [-0.15, -0.1) is 0 Å². The largest absolute Gasteiger partial charge is 0.369 e. The molecule has 1 aliphatic rings. The first-order chi connectivity index (χ1) is 6.84. The first-order valence-corrected chi connectivity index (χ1v) is 4.86. The van der Waals surface area contributed by atoms with Crippen LogP contribution in [0.3, 0.4) is 0 Å². The van der Waals surface area contributed by atoms with Gasteiger partial charge in [0, 0.05) is 25.2 Å². The smallest absolute Gasteiger partial charge is 0.252 e. The van der Waals surface area contributed by atoms with Crippen molar-refractivity contribution in [2.45, 2.75) is 18.9 Å². The van der Waals surface area contributed by atoms with Crippen LogP contribution in [0.4, 0.5) is 5.82 Å². The maximum absolute atomic E-state index is 10.9. The van der Waals surface area contributed by atoms with E-state index in [9.17, 15) is 4.79 Å². The van der Waals surface area contributed by atoms with Gasteiger partial charge >= 0.3 is 0 Å². The Kier molecular flexibility index (Phi) is 2.78. The SMILES string of the molecule is O=c1cc(NCCNC2CC2)nc[nH]1. The molecule has 0 spiro atoms. The van der Waals surface area contributed by atoms with Gasteiger partial charge in [0.05, 0.1) is 6.33 Å². The molecule has 5 heteroatoms. The number of aromatic amines is 1. The van der Waals surface area contributed by atoms with E-state index in [1.54, 1.807) is 0 Å². The third kappa shape index (κ3) is 2.85. The number of hydrogen-bond donors (Lipinski definition) is 3. The molecule has 1 aromatic heterocycles. The molecule has 0 amide bonds. The molecule has 14 heavy (non-hydrogen) atoms. The Morgan fingerprint density at radius 1 is 1.50 bits per heavy atom. The molecule has 0 unspecified atom stereocenters. The van der Waals surface area contributed by atoms with Crippen LogP contribution in [-0.2, 0) is 0 Å². The minimum atomic E-state index is -0.127. The van der Waals surface area contributed by atoms with Crippen LogP contribution in [0.5, 0.6) is 0 Å². The maximum atomic E-state index is 10.9. The summed E-state index contributed by atoms with van der Waals surface area (Å²) in [4.78, 5) is 17.3. The van der Waals surface area contributed by atoms with Crippen molar-refractivity contribution < 1.29 is 0 Å². The molecular formula is C9H14N4O. The van der Waals surface area contributed by atoms with Crippen LogP contribution in [0.25, 0.3) is 0 Å². The van der Waals surface area contributed by atoms with Crippen LogP contribution < -0.4 is 16.2 Å². The van der Waals surface area contributed by atoms with E-state index in [1.807, 2.05) is 0 Å². The van der Waals surface area contributed by atoms with Gasteiger partial charge in [-0.25, -0.2) is 4.98 Å². The molecule has 2 rings (SSSR count). The van der Waals surface area contributed by atoms with E-state index in [4.69, 9.17) is 0 Å². The molecule has 1 saturated carbocycles. The minimum absolute atomic E-state index is 0.127. The molecule has 0 aliphatic heterocycles. The molecule has 3 N–H and O–H groups in total. The molecule has 1 aromatic rings. The number of nitrogens with one attached hydrogen (secondary N) is 3. The van der Waals surface area contributed by atoms with Crippen molar-refractivity contribution in [3.63, 3.8) is 0 Å². The molecule has 0 radical (unpaired) electrons. The Morgan fingerprint density at radius 2 is 2.36 bits per heavy atom. The van der Waals surface area contributed by atoms with E-state index in [0.29, 0.717) is 5.82 Å². The van der Waals surface area contributed by atoms with Gasteiger partial charge in [-0.1, -0.05) is 0 Å². The van der Waals surface area contributed by atoms with Crippen molar-refractivity contribution >= 4 is 5.82 Å². The molecule has 1 aliphatic carbocycles. The third-order valence-electron chi connectivity index (χ3n) is 2.12. The van der Waals surface area contributed by atoms with Gasteiger partial charge in [-0.3, -0.25) is 4.79 Å². The fourth-order valence-electron chi connectivity index (χ4n) is 1.22. The molecule has 5 nitrogen and oxygen atoms in total. The summed E-state index contributed by atoms with van der Waals surface area (Å²) in [5.41, 5.74) is -0.127. The lowest BCUT2D eigenvalue weighted by Crippen LogP contribution is -2.24. The van der Waals surface area contributed by atoms with Crippen LogP contribution in [-0.4, -0.2) is 29.1 Å². The molecule has 0 atom stereocenters. The number of nitrogens with zero attached hydrogens (tertiary/aromatic N) is 1. The van der Waals surface area contributed by atoms with Crippen molar-refractivity contribution in [3.8, 4) is 0 Å². The van der Waals surface area contributed by atoms with Crippen molar-refractivity contribution in [2.24, 2.45) is 0 Å². The summed E-state index contributed by atoms with van der Waals surface area (Å²) in [6, 6.07) is 2.18. The van der Waals surface area contributed by atoms with Gasteiger partial charge in [0.15, 0.2) is 0 Å². The van der Waals surface area contributed by atoms with E-state index >= 15 is 0 Å². The highest BCUT2D eigenvalue weighted by Gasteiger charge is 2.19. The summed E-state index contributed by atoms with van der Waals surface area (Å²) in [7, 11) is 0. The van der Waals surface area contributed by atoms with Gasteiger partial charge in [-0.2, -0.15) is 0 Å². The standard InChI is InChI=1S/C9H14N4O/c14-9-5-8(12-6-13-9)11-4-3-10-7-1-2-7/h5-7,10H,1-4H2,(H2,11,12,13,14). The summed E-state index contributed by atoms with van der Waals surface area (Å²) in [5, 5.41) is 6.44. The minimum Gasteiger partial charge on any atom is -0.369 e. The number of rotatable bonds is 5. The highest BCUT2D eigenvalue weighted by Crippen LogP contribution is 2.17. The van der Waals surface area contributed by atoms with Crippen LogP contribution in [0, 0.1) is 0 Å². The van der Waals surface area contributed by atoms with Crippen molar-refractivity contribution in [3.05, 3.63) is 22.7 Å². The first-order valence-electron chi connectivity index (χ1n) is 4.86. The Hall–Kier alpha value is -1.36. The summed E-state index contributed by atoms with van der Waals surface area (Å²) < 4.78 is 0. The lowest BCUT2D eigenvalue weighted by molar-refractivity contribution is 0.700. The number of hydrogen-bond acceptors (Lipinski definition) is 4. The monoisotopic (exact) mass is 194 g/mol. The van der Waals surface area contributed by atoms with Gasteiger partial charge in [0.25, 0.3) is 5.56 Å². The summed E-state index contributed by atoms with van der Waals surface area (Å²) >= 11 is 0. The Bertz CT molecular complexity index is 345. The van der Waals surface area contributed by atoms with Crippen LogP contribution >= 0.6 is 0 Å². The highest BCUT2D eigenvalue weighted by molar-refractivity contribution is 5.31. The van der Waals surface area contributed by atoms with Crippen molar-refractivity contribution in [1.29, 1.82) is 0 Å². The van der Waals surface area contributed by atoms with Gasteiger partial charge in [0.2, 0.25) is 0 Å². The zero-order chi connectivity index (χ0) is 9.80. The second-order valence-electron chi connectivity index (χ2n) is 3.45. The van der Waals surface area contributed by atoms with Crippen LogP contribution in [0.2, 0.25) is 0 Å². The fourth-order valence-corrected chi connectivity index (χ4v) is 1.22. The molecule has 0 saturated heterocycles. The first kappa shape index (κ1) is 9.21. The number of anilines is 1. The molecular weight excluding hydrogens is 180 g/mol. The van der Waals surface area contributed by atoms with Crippen molar-refractivity contribution in [1.82, 2.24) is 15.3 Å². The third-order valence-corrected chi connectivity index (χ3v) is 2.12. The summed E-state index contributed by atoms with van der Waals surface area (Å²) in [6.45, 7) is 1.71. The molecule has 1 fully saturated rings. The quantitative estimate of drug-likeness (QED) is 0.574. The summed E-state index contributed by atoms with van der Waals surface area (Å²) in [5.74, 6) is 0.631. The average Bonchev–Trinajstić information content (AvgIpc) is 2.96. The lowest BCUT2D eigenvalue weighted by atomic mass is 10.5. The van der Waals surface area contributed by atoms with E-state index < -0.39 is 0 Å². The zero-order valence-corrected chi connectivity index (χ0v) is 7.92. The Morgan fingerprint density at radius 3 is 3.07 bits per heavy atom. The Labute approximate surface area is 82.0 Å². The zero-order valence-electron chi connectivity index (χ0n) is 7.92. The number of aromatic nitrogens is 2. The Balaban J connectivity index is 1.71. The van der Waals surface area contributed by atoms with E-state index in [0.717, 1.165) is 19.1 Å². The molecule has 1 heterocycles. The van der Waals surface area contributed by atoms with Crippen molar-refractivity contribution in [2.75, 3.05) is 18.4 Å². The topological polar surface area (TPSA) is 69.8 Å². The van der Waals surface area contributed by atoms with Gasteiger partial charge in [-0.05, 0) is 12.8 Å². The maximum Gasteiger partial charge on any atom is 0.252 e. The predicted octanol–water partition coefficient (Wildman–Crippen LogP) is -0.0662. The second kappa shape index (κ2) is 4.23. The predicted molar refractivity (Wildman–Crippen MR) is 54.4 cm³/mol. The average molecular weight is 194 g/mol. The van der Waals surface area contributed by atoms with E-state index in [2.05, 4.69) is 20.6 Å². The molecule has 0 aromatic carbocycles. The molecule has 76 valence electrons. The van der Waals surface area contributed by atoms with Gasteiger partial charge in [0.1, 0.15) is 5.82 Å². The number of H-pyrrole nitrogens is 1. The summed E-state index contributed by atoms with van der Waals surface area (Å²) in [6.07, 6.45) is 3.99. The van der Waals surface area contributed by atoms with E-state index in [1.165, 1.54) is 25.2 Å². The molecule has 0 bridgehead atoms. The second-order valence-corrected chi connectivity index (χ2v) is 3.45. The van der Waals surface area contributed by atoms with Gasteiger partial charge < -0.3 is 15.6 Å².